The Kier molecular flexibility index (Phi) is 3.20. The summed E-state index contributed by atoms with van der Waals surface area (Å²) in [6.45, 7) is 5.40. The zero-order valence-electron chi connectivity index (χ0n) is 10.9. The molecule has 0 N–H and O–H groups in total. The number of hydrogen-bond donors (Lipinski definition) is 0. The van der Waals surface area contributed by atoms with Crippen LogP contribution in [0.2, 0.25) is 0 Å². The number of carbonyl (C=O) groups is 2. The average molecular weight is 247 g/mol. The van der Waals surface area contributed by atoms with Crippen molar-refractivity contribution >= 4 is 11.8 Å². The number of pyridine rings is 1. The molecule has 1 unspecified atom stereocenters. The third kappa shape index (κ3) is 2.58. The van der Waals surface area contributed by atoms with E-state index < -0.39 is 17.5 Å². The number of ketones is 1. The summed E-state index contributed by atoms with van der Waals surface area (Å²) in [6.07, 6.45) is 4.44. The molecule has 4 nitrogen and oxygen atoms in total. The lowest BCUT2D eigenvalue weighted by atomic mass is 9.84. The SMILES string of the molecule is CC(C)(C)OC(=O)C1CCc2ccncc2C1=O. The zero-order chi connectivity index (χ0) is 13.3. The predicted molar refractivity (Wildman–Crippen MR) is 66.2 cm³/mol. The van der Waals surface area contributed by atoms with Gasteiger partial charge in [-0.2, -0.15) is 0 Å². The summed E-state index contributed by atoms with van der Waals surface area (Å²) in [5, 5.41) is 0. The molecule has 0 saturated carbocycles. The first-order valence-corrected chi connectivity index (χ1v) is 6.08. The standard InChI is InChI=1S/C14H17NO3/c1-14(2,3)18-13(17)10-5-4-9-6-7-15-8-11(9)12(10)16/h6-8,10H,4-5H2,1-3H3. The van der Waals surface area contributed by atoms with Crippen molar-refractivity contribution in [2.75, 3.05) is 0 Å². The molecule has 1 aliphatic carbocycles. The van der Waals surface area contributed by atoms with Crippen LogP contribution in [0.15, 0.2) is 18.5 Å². The molecule has 2 rings (SSSR count). The van der Waals surface area contributed by atoms with Gasteiger partial charge in [-0.1, -0.05) is 0 Å². The van der Waals surface area contributed by atoms with Gasteiger partial charge in [-0.3, -0.25) is 14.6 Å². The van der Waals surface area contributed by atoms with Crippen LogP contribution in [0.5, 0.6) is 0 Å². The van der Waals surface area contributed by atoms with Crippen molar-refractivity contribution in [1.29, 1.82) is 0 Å². The normalized spacial score (nSPS) is 19.3. The van der Waals surface area contributed by atoms with E-state index in [2.05, 4.69) is 4.98 Å². The van der Waals surface area contributed by atoms with Crippen LogP contribution in [0.25, 0.3) is 0 Å². The van der Waals surface area contributed by atoms with Gasteiger partial charge in [0.1, 0.15) is 11.5 Å². The van der Waals surface area contributed by atoms with Gasteiger partial charge < -0.3 is 4.74 Å². The van der Waals surface area contributed by atoms with Gasteiger partial charge in [0.15, 0.2) is 5.78 Å². The Morgan fingerprint density at radius 1 is 1.44 bits per heavy atom. The highest BCUT2D eigenvalue weighted by Crippen LogP contribution is 2.26. The third-order valence-electron chi connectivity index (χ3n) is 2.89. The first kappa shape index (κ1) is 12.7. The van der Waals surface area contributed by atoms with E-state index in [1.807, 2.05) is 6.07 Å². The molecule has 0 fully saturated rings. The quantitative estimate of drug-likeness (QED) is 0.563. The topological polar surface area (TPSA) is 56.3 Å². The molecule has 1 heterocycles. The van der Waals surface area contributed by atoms with E-state index >= 15 is 0 Å². The number of rotatable bonds is 1. The fourth-order valence-electron chi connectivity index (χ4n) is 2.08. The third-order valence-corrected chi connectivity index (χ3v) is 2.89. The van der Waals surface area contributed by atoms with Crippen LogP contribution in [0.3, 0.4) is 0 Å². The summed E-state index contributed by atoms with van der Waals surface area (Å²) < 4.78 is 5.28. The smallest absolute Gasteiger partial charge is 0.317 e. The summed E-state index contributed by atoms with van der Waals surface area (Å²) in [5.41, 5.74) is 0.960. The van der Waals surface area contributed by atoms with Crippen LogP contribution in [-0.4, -0.2) is 22.3 Å². The Hall–Kier alpha value is -1.71. The molecule has 0 amide bonds. The van der Waals surface area contributed by atoms with Gasteiger partial charge in [0.25, 0.3) is 0 Å². The fourth-order valence-corrected chi connectivity index (χ4v) is 2.08. The number of Topliss-reactive ketones (excluding diaryl/α,β-unsaturated/α-hetero) is 1. The van der Waals surface area contributed by atoms with E-state index in [-0.39, 0.29) is 5.78 Å². The molecule has 1 aromatic heterocycles. The molecule has 0 aliphatic heterocycles. The van der Waals surface area contributed by atoms with Crippen molar-refractivity contribution in [2.45, 2.75) is 39.2 Å². The van der Waals surface area contributed by atoms with E-state index in [0.29, 0.717) is 18.4 Å². The number of fused-ring (bicyclic) bond motifs is 1. The largest absolute Gasteiger partial charge is 0.459 e. The van der Waals surface area contributed by atoms with Crippen LogP contribution < -0.4 is 0 Å². The Morgan fingerprint density at radius 2 is 2.17 bits per heavy atom. The number of esters is 1. The number of carbonyl (C=O) groups excluding carboxylic acids is 2. The average Bonchev–Trinajstić information content (AvgIpc) is 2.27. The number of aryl methyl sites for hydroxylation is 1. The Balaban J connectivity index is 2.19. The molecule has 18 heavy (non-hydrogen) atoms. The van der Waals surface area contributed by atoms with E-state index in [1.54, 1.807) is 27.0 Å². The van der Waals surface area contributed by atoms with Crippen molar-refractivity contribution < 1.29 is 14.3 Å². The van der Waals surface area contributed by atoms with Crippen LogP contribution in [0.4, 0.5) is 0 Å². The van der Waals surface area contributed by atoms with Crippen molar-refractivity contribution in [3.8, 4) is 0 Å². The summed E-state index contributed by atoms with van der Waals surface area (Å²) >= 11 is 0. The van der Waals surface area contributed by atoms with Crippen LogP contribution in [-0.2, 0) is 16.0 Å². The van der Waals surface area contributed by atoms with Gasteiger partial charge >= 0.3 is 5.97 Å². The molecule has 0 aromatic carbocycles. The summed E-state index contributed by atoms with van der Waals surface area (Å²) in [7, 11) is 0. The van der Waals surface area contributed by atoms with E-state index in [1.165, 1.54) is 6.20 Å². The summed E-state index contributed by atoms with van der Waals surface area (Å²) in [5.74, 6) is -1.28. The van der Waals surface area contributed by atoms with E-state index in [0.717, 1.165) is 5.56 Å². The molecule has 0 spiro atoms. The van der Waals surface area contributed by atoms with Gasteiger partial charge in [0.05, 0.1) is 0 Å². The molecular weight excluding hydrogens is 230 g/mol. The van der Waals surface area contributed by atoms with Gasteiger partial charge in [0.2, 0.25) is 0 Å². The molecule has 4 heteroatoms. The van der Waals surface area contributed by atoms with Gasteiger partial charge in [-0.25, -0.2) is 0 Å². The van der Waals surface area contributed by atoms with E-state index in [9.17, 15) is 9.59 Å². The first-order chi connectivity index (χ1) is 8.38. The summed E-state index contributed by atoms with van der Waals surface area (Å²) in [4.78, 5) is 28.1. The molecule has 96 valence electrons. The van der Waals surface area contributed by atoms with Crippen molar-refractivity contribution in [2.24, 2.45) is 5.92 Å². The Bertz CT molecular complexity index is 488. The van der Waals surface area contributed by atoms with Gasteiger partial charge in [-0.05, 0) is 45.2 Å². The number of aromatic nitrogens is 1. The number of hydrogen-bond acceptors (Lipinski definition) is 4. The fraction of sp³-hybridized carbons (Fsp3) is 0.500. The maximum atomic E-state index is 12.2. The van der Waals surface area contributed by atoms with Gasteiger partial charge in [-0.15, -0.1) is 0 Å². The lowest BCUT2D eigenvalue weighted by molar-refractivity contribution is -0.158. The van der Waals surface area contributed by atoms with Crippen molar-refractivity contribution in [3.63, 3.8) is 0 Å². The molecule has 0 bridgehead atoms. The minimum Gasteiger partial charge on any atom is -0.459 e. The minimum atomic E-state index is -0.680. The van der Waals surface area contributed by atoms with Gasteiger partial charge in [0, 0.05) is 18.0 Å². The highest BCUT2D eigenvalue weighted by molar-refractivity contribution is 6.10. The lowest BCUT2D eigenvalue weighted by Crippen LogP contribution is -2.35. The zero-order valence-corrected chi connectivity index (χ0v) is 10.9. The highest BCUT2D eigenvalue weighted by Gasteiger charge is 2.35. The first-order valence-electron chi connectivity index (χ1n) is 6.08. The molecular formula is C14H17NO3. The molecule has 1 aliphatic rings. The highest BCUT2D eigenvalue weighted by atomic mass is 16.6. The summed E-state index contributed by atoms with van der Waals surface area (Å²) in [6, 6.07) is 1.83. The Labute approximate surface area is 106 Å². The molecule has 0 saturated heterocycles. The molecule has 0 radical (unpaired) electrons. The predicted octanol–water partition coefficient (Wildman–Crippen LogP) is 2.17. The number of nitrogens with zero attached hydrogens (tertiary/aromatic N) is 1. The lowest BCUT2D eigenvalue weighted by Gasteiger charge is -2.26. The second-order valence-electron chi connectivity index (χ2n) is 5.52. The minimum absolute atomic E-state index is 0.168. The van der Waals surface area contributed by atoms with Crippen LogP contribution in [0, 0.1) is 5.92 Å². The number of ether oxygens (including phenoxy) is 1. The second-order valence-corrected chi connectivity index (χ2v) is 5.52. The van der Waals surface area contributed by atoms with Crippen molar-refractivity contribution in [1.82, 2.24) is 4.98 Å². The van der Waals surface area contributed by atoms with E-state index in [4.69, 9.17) is 4.74 Å². The van der Waals surface area contributed by atoms with Crippen LogP contribution >= 0.6 is 0 Å². The monoisotopic (exact) mass is 247 g/mol. The molecule has 1 aromatic rings. The maximum absolute atomic E-state index is 12.2. The molecule has 1 atom stereocenters. The Morgan fingerprint density at radius 3 is 2.83 bits per heavy atom. The van der Waals surface area contributed by atoms with Crippen LogP contribution in [0.1, 0.15) is 43.1 Å². The van der Waals surface area contributed by atoms with Crippen molar-refractivity contribution in [3.05, 3.63) is 29.6 Å². The second kappa shape index (κ2) is 4.52. The maximum Gasteiger partial charge on any atom is 0.317 e.